The quantitative estimate of drug-likeness (QED) is 0.793. The van der Waals surface area contributed by atoms with Crippen molar-refractivity contribution < 1.29 is 13.9 Å². The fraction of sp³-hybridized carbons (Fsp3) is 0.133. The maximum atomic E-state index is 13.2. The van der Waals surface area contributed by atoms with Crippen LogP contribution in [0.4, 0.5) is 4.39 Å². The first-order valence-electron chi connectivity index (χ1n) is 5.67. The molecule has 0 radical (unpaired) electrons. The predicted octanol–water partition coefficient (Wildman–Crippen LogP) is 4.03. The van der Waals surface area contributed by atoms with Crippen molar-refractivity contribution in [2.45, 2.75) is 6.92 Å². The summed E-state index contributed by atoms with van der Waals surface area (Å²) < 4.78 is 18.4. The summed E-state index contributed by atoms with van der Waals surface area (Å²) in [6, 6.07) is 9.05. The van der Waals surface area contributed by atoms with Gasteiger partial charge in [-0.2, -0.15) is 0 Å². The smallest absolute Gasteiger partial charge is 0.196 e. The number of carbonyl (C=O) groups excluding carboxylic acids is 1. The fourth-order valence-corrected chi connectivity index (χ4v) is 1.96. The van der Waals surface area contributed by atoms with E-state index in [0.29, 0.717) is 27.5 Å². The summed E-state index contributed by atoms with van der Waals surface area (Å²) in [5.74, 6) is -0.157. The van der Waals surface area contributed by atoms with Gasteiger partial charge in [0.2, 0.25) is 0 Å². The lowest BCUT2D eigenvalue weighted by Crippen LogP contribution is -2.04. The third-order valence-corrected chi connectivity index (χ3v) is 3.06. The van der Waals surface area contributed by atoms with Gasteiger partial charge in [0, 0.05) is 10.6 Å². The first-order chi connectivity index (χ1) is 9.02. The number of hydrogen-bond acceptors (Lipinski definition) is 2. The van der Waals surface area contributed by atoms with Gasteiger partial charge >= 0.3 is 0 Å². The molecule has 98 valence electrons. The molecule has 0 spiro atoms. The highest BCUT2D eigenvalue weighted by Crippen LogP contribution is 2.26. The number of ketones is 1. The minimum atomic E-state index is -0.334. The number of halogens is 2. The zero-order chi connectivity index (χ0) is 14.0. The molecule has 2 nitrogen and oxygen atoms in total. The molecule has 0 saturated carbocycles. The first-order valence-corrected chi connectivity index (χ1v) is 6.05. The van der Waals surface area contributed by atoms with Crippen molar-refractivity contribution >= 4 is 17.4 Å². The standard InChI is InChI=1S/C15H12ClFO2/c1-9-7-10(3-6-13(9)17)15(18)12-5-4-11(16)8-14(12)19-2/h3-8H,1-2H3. The van der Waals surface area contributed by atoms with Crippen molar-refractivity contribution in [2.24, 2.45) is 0 Å². The molecule has 0 saturated heterocycles. The van der Waals surface area contributed by atoms with Gasteiger partial charge in [-0.05, 0) is 48.9 Å². The monoisotopic (exact) mass is 278 g/mol. The Balaban J connectivity index is 2.46. The molecule has 0 atom stereocenters. The molecule has 0 aliphatic rings. The van der Waals surface area contributed by atoms with Crippen LogP contribution in [0.3, 0.4) is 0 Å². The van der Waals surface area contributed by atoms with E-state index in [-0.39, 0.29) is 11.6 Å². The molecule has 2 aromatic rings. The number of benzene rings is 2. The fourth-order valence-electron chi connectivity index (χ4n) is 1.79. The molecule has 2 aromatic carbocycles. The third kappa shape index (κ3) is 2.76. The number of carbonyl (C=O) groups is 1. The summed E-state index contributed by atoms with van der Waals surface area (Å²) in [5.41, 5.74) is 1.25. The molecule has 0 bridgehead atoms. The van der Waals surface area contributed by atoms with Gasteiger partial charge in [-0.1, -0.05) is 11.6 Å². The van der Waals surface area contributed by atoms with E-state index in [0.717, 1.165) is 0 Å². The van der Waals surface area contributed by atoms with Crippen LogP contribution in [0, 0.1) is 12.7 Å². The van der Waals surface area contributed by atoms with Crippen molar-refractivity contribution in [1.82, 2.24) is 0 Å². The Bertz CT molecular complexity index is 638. The second-order valence-electron chi connectivity index (χ2n) is 4.14. The van der Waals surface area contributed by atoms with Gasteiger partial charge < -0.3 is 4.74 Å². The van der Waals surface area contributed by atoms with Crippen LogP contribution in [-0.2, 0) is 0 Å². The number of methoxy groups -OCH3 is 1. The van der Waals surface area contributed by atoms with E-state index in [4.69, 9.17) is 16.3 Å². The van der Waals surface area contributed by atoms with Crippen molar-refractivity contribution in [3.8, 4) is 5.75 Å². The van der Waals surface area contributed by atoms with Crippen molar-refractivity contribution in [3.05, 3.63) is 63.9 Å². The molecule has 0 amide bonds. The van der Waals surface area contributed by atoms with E-state index in [1.165, 1.54) is 25.3 Å². The Morgan fingerprint density at radius 1 is 1.21 bits per heavy atom. The Hall–Kier alpha value is -1.87. The van der Waals surface area contributed by atoms with Crippen LogP contribution in [0.15, 0.2) is 36.4 Å². The zero-order valence-electron chi connectivity index (χ0n) is 10.5. The highest BCUT2D eigenvalue weighted by molar-refractivity contribution is 6.31. The summed E-state index contributed by atoms with van der Waals surface area (Å²) >= 11 is 5.85. The molecular weight excluding hydrogens is 267 g/mol. The minimum Gasteiger partial charge on any atom is -0.496 e. The van der Waals surface area contributed by atoms with Crippen LogP contribution in [0.25, 0.3) is 0 Å². The summed E-state index contributed by atoms with van der Waals surface area (Å²) in [6.07, 6.45) is 0. The lowest BCUT2D eigenvalue weighted by molar-refractivity contribution is 0.103. The van der Waals surface area contributed by atoms with E-state index in [1.807, 2.05) is 0 Å². The van der Waals surface area contributed by atoms with Gasteiger partial charge in [-0.15, -0.1) is 0 Å². The molecule has 0 unspecified atom stereocenters. The molecule has 0 heterocycles. The third-order valence-electron chi connectivity index (χ3n) is 2.83. The predicted molar refractivity (Wildman–Crippen MR) is 72.6 cm³/mol. The summed E-state index contributed by atoms with van der Waals surface area (Å²) in [7, 11) is 1.47. The summed E-state index contributed by atoms with van der Waals surface area (Å²) in [5, 5.41) is 0.490. The number of aryl methyl sites for hydroxylation is 1. The Kier molecular flexibility index (Phi) is 3.86. The number of hydrogen-bond donors (Lipinski definition) is 0. The average Bonchev–Trinajstić information content (AvgIpc) is 2.41. The van der Waals surface area contributed by atoms with Crippen LogP contribution < -0.4 is 4.74 Å². The number of rotatable bonds is 3. The Labute approximate surface area is 115 Å². The second kappa shape index (κ2) is 5.41. The van der Waals surface area contributed by atoms with Gasteiger partial charge in [-0.3, -0.25) is 4.79 Å². The molecule has 2 rings (SSSR count). The first kappa shape index (κ1) is 13.6. The largest absolute Gasteiger partial charge is 0.496 e. The van der Waals surface area contributed by atoms with E-state index < -0.39 is 0 Å². The zero-order valence-corrected chi connectivity index (χ0v) is 11.3. The van der Waals surface area contributed by atoms with Crippen LogP contribution in [0.2, 0.25) is 5.02 Å². The normalized spacial score (nSPS) is 10.3. The minimum absolute atomic E-state index is 0.225. The van der Waals surface area contributed by atoms with Crippen LogP contribution in [0.1, 0.15) is 21.5 Å². The van der Waals surface area contributed by atoms with Gasteiger partial charge in [0.05, 0.1) is 12.7 Å². The molecule has 0 aliphatic heterocycles. The lowest BCUT2D eigenvalue weighted by atomic mass is 10.0. The lowest BCUT2D eigenvalue weighted by Gasteiger charge is -2.08. The molecule has 0 N–H and O–H groups in total. The van der Waals surface area contributed by atoms with Gasteiger partial charge in [0.25, 0.3) is 0 Å². The molecular formula is C15H12ClFO2. The Morgan fingerprint density at radius 3 is 2.58 bits per heavy atom. The van der Waals surface area contributed by atoms with Gasteiger partial charge in [0.15, 0.2) is 5.78 Å². The van der Waals surface area contributed by atoms with E-state index in [1.54, 1.807) is 25.1 Å². The van der Waals surface area contributed by atoms with Gasteiger partial charge in [0.1, 0.15) is 11.6 Å². The maximum absolute atomic E-state index is 13.2. The molecule has 0 aromatic heterocycles. The molecule has 19 heavy (non-hydrogen) atoms. The molecule has 4 heteroatoms. The summed E-state index contributed by atoms with van der Waals surface area (Å²) in [6.45, 7) is 1.62. The molecule has 0 fully saturated rings. The topological polar surface area (TPSA) is 26.3 Å². The average molecular weight is 279 g/mol. The van der Waals surface area contributed by atoms with Crippen molar-refractivity contribution in [3.63, 3.8) is 0 Å². The van der Waals surface area contributed by atoms with E-state index in [2.05, 4.69) is 0 Å². The van der Waals surface area contributed by atoms with E-state index in [9.17, 15) is 9.18 Å². The highest BCUT2D eigenvalue weighted by atomic mass is 35.5. The maximum Gasteiger partial charge on any atom is 0.196 e. The summed E-state index contributed by atoms with van der Waals surface area (Å²) in [4.78, 5) is 12.4. The second-order valence-corrected chi connectivity index (χ2v) is 4.57. The number of ether oxygens (including phenoxy) is 1. The highest BCUT2D eigenvalue weighted by Gasteiger charge is 2.15. The van der Waals surface area contributed by atoms with Crippen molar-refractivity contribution in [2.75, 3.05) is 7.11 Å². The van der Waals surface area contributed by atoms with Gasteiger partial charge in [-0.25, -0.2) is 4.39 Å². The van der Waals surface area contributed by atoms with Crippen molar-refractivity contribution in [1.29, 1.82) is 0 Å². The Morgan fingerprint density at radius 2 is 1.95 bits per heavy atom. The van der Waals surface area contributed by atoms with Crippen LogP contribution in [0.5, 0.6) is 5.75 Å². The van der Waals surface area contributed by atoms with Crippen LogP contribution in [-0.4, -0.2) is 12.9 Å². The van der Waals surface area contributed by atoms with Crippen LogP contribution >= 0.6 is 11.6 Å². The molecule has 0 aliphatic carbocycles. The van der Waals surface area contributed by atoms with E-state index >= 15 is 0 Å². The SMILES string of the molecule is COc1cc(Cl)ccc1C(=O)c1ccc(F)c(C)c1.